The van der Waals surface area contributed by atoms with Crippen LogP contribution in [0.5, 0.6) is 0 Å². The molecule has 0 saturated heterocycles. The molecule has 31 heavy (non-hydrogen) atoms. The van der Waals surface area contributed by atoms with Crippen LogP contribution in [0.2, 0.25) is 12.8 Å². The molecule has 0 fully saturated rings. The Bertz CT molecular complexity index is 864. The van der Waals surface area contributed by atoms with E-state index in [0.717, 1.165) is 0 Å². The lowest BCUT2D eigenvalue weighted by molar-refractivity contribution is 0.649. The highest BCUT2D eigenvalue weighted by atomic mass is 27.2. The number of allylic oxidation sites excluding steroid dienone is 12. The van der Waals surface area contributed by atoms with Crippen molar-refractivity contribution in [1.82, 2.24) is 0 Å². The molecule has 3 rings (SSSR count). The van der Waals surface area contributed by atoms with E-state index >= 15 is 0 Å². The second-order valence-corrected chi connectivity index (χ2v) is 15.9. The maximum atomic E-state index is 2.62. The van der Waals surface area contributed by atoms with E-state index in [1.54, 1.807) is 33.4 Å². The third-order valence-electron chi connectivity index (χ3n) is 11.5. The van der Waals surface area contributed by atoms with Crippen LogP contribution in [0.4, 0.5) is 0 Å². The summed E-state index contributed by atoms with van der Waals surface area (Å²) in [6, 6.07) is 0. The lowest BCUT2D eigenvalue weighted by Crippen LogP contribution is -2.51. The zero-order valence-corrected chi connectivity index (χ0v) is 24.2. The zero-order chi connectivity index (χ0) is 24.0. The van der Waals surface area contributed by atoms with Gasteiger partial charge in [-0.3, -0.25) is 0 Å². The van der Waals surface area contributed by atoms with Gasteiger partial charge < -0.3 is 0 Å². The van der Waals surface area contributed by atoms with Crippen molar-refractivity contribution in [2.75, 3.05) is 0 Å². The van der Waals surface area contributed by atoms with Crippen molar-refractivity contribution in [3.05, 3.63) is 66.9 Å². The van der Waals surface area contributed by atoms with Crippen LogP contribution in [-0.2, 0) is 0 Å². The Kier molecular flexibility index (Phi) is 5.74. The van der Waals surface area contributed by atoms with Gasteiger partial charge in [-0.1, -0.05) is 54.2 Å². The summed E-state index contributed by atoms with van der Waals surface area (Å²) in [7, 11) is 0. The van der Waals surface area contributed by atoms with E-state index in [2.05, 4.69) is 104 Å². The van der Waals surface area contributed by atoms with Crippen molar-refractivity contribution in [2.24, 2.45) is 0 Å². The topological polar surface area (TPSA) is 0 Å². The molecular formula is C30H45Al. The van der Waals surface area contributed by atoms with Crippen molar-refractivity contribution >= 4 is 14.1 Å². The SMILES string of the molecule is CC1=C(C)[C](C)([Al]([C]2(C)C(C)=C(C)C(C)=C2C)[C]2(C)C(C)=C(C)C(C)=C2C)C(C)=C1C. The normalized spacial score (nSPS) is 25.3. The molecule has 0 radical (unpaired) electrons. The number of hydrogen-bond acceptors (Lipinski definition) is 0. The molecule has 0 aromatic rings. The Balaban J connectivity index is 2.52. The zero-order valence-electron chi connectivity index (χ0n) is 23.1. The van der Waals surface area contributed by atoms with Gasteiger partial charge in [0.1, 0.15) is 0 Å². The molecule has 0 aromatic carbocycles. The first-order valence-electron chi connectivity index (χ1n) is 12.1. The number of hydrogen-bond donors (Lipinski definition) is 0. The first-order valence-corrected chi connectivity index (χ1v) is 13.8. The Morgan fingerprint density at radius 2 is 0.452 bits per heavy atom. The minimum Gasteiger partial charge on any atom is -0.0734 e. The standard InChI is InChI=1S/3C10H15.Al/c3*1-6-7(2)9(4)10(5)8(6)3;/h3*1-5H3;. The van der Waals surface area contributed by atoms with E-state index in [1.165, 1.54) is 33.4 Å². The first kappa shape index (κ1) is 24.6. The van der Waals surface area contributed by atoms with Gasteiger partial charge in [0.15, 0.2) is 0 Å². The van der Waals surface area contributed by atoms with Crippen LogP contribution in [-0.4, -0.2) is 14.1 Å². The predicted octanol–water partition coefficient (Wildman–Crippen LogP) is 9.82. The van der Waals surface area contributed by atoms with Gasteiger partial charge >= 0.3 is 14.1 Å². The van der Waals surface area contributed by atoms with Gasteiger partial charge in [-0.25, -0.2) is 0 Å². The van der Waals surface area contributed by atoms with Crippen LogP contribution in [0.1, 0.15) is 104 Å². The van der Waals surface area contributed by atoms with E-state index in [0.29, 0.717) is 0 Å². The van der Waals surface area contributed by atoms with Gasteiger partial charge in [0, 0.05) is 0 Å². The summed E-state index contributed by atoms with van der Waals surface area (Å²) in [5.41, 5.74) is 19.0. The molecule has 0 saturated carbocycles. The fourth-order valence-corrected chi connectivity index (χ4v) is 15.3. The summed E-state index contributed by atoms with van der Waals surface area (Å²) >= 11 is -1.66. The highest BCUT2D eigenvalue weighted by Crippen LogP contribution is 2.74. The molecule has 0 amide bonds. The van der Waals surface area contributed by atoms with Crippen LogP contribution in [0.25, 0.3) is 0 Å². The van der Waals surface area contributed by atoms with E-state index in [-0.39, 0.29) is 12.8 Å². The van der Waals surface area contributed by atoms with E-state index in [1.807, 2.05) is 0 Å². The highest BCUT2D eigenvalue weighted by molar-refractivity contribution is 6.74. The van der Waals surface area contributed by atoms with Crippen LogP contribution in [0.3, 0.4) is 0 Å². The first-order chi connectivity index (χ1) is 14.0. The van der Waals surface area contributed by atoms with Gasteiger partial charge in [0.25, 0.3) is 0 Å². The summed E-state index contributed by atoms with van der Waals surface area (Å²) in [4.78, 5) is 0. The third kappa shape index (κ3) is 2.66. The minimum atomic E-state index is -1.66. The quantitative estimate of drug-likeness (QED) is 0.389. The summed E-state index contributed by atoms with van der Waals surface area (Å²) in [5, 5.41) is 0. The van der Waals surface area contributed by atoms with Crippen LogP contribution >= 0.6 is 0 Å². The maximum Gasteiger partial charge on any atom is 0.318 e. The summed E-state index contributed by atoms with van der Waals surface area (Å²) in [6.07, 6.45) is 0. The van der Waals surface area contributed by atoms with Crippen molar-refractivity contribution in [3.8, 4) is 0 Å². The molecule has 0 nitrogen and oxygen atoms in total. The van der Waals surface area contributed by atoms with Crippen LogP contribution < -0.4 is 0 Å². The second kappa shape index (κ2) is 7.24. The largest absolute Gasteiger partial charge is 0.318 e. The van der Waals surface area contributed by atoms with Gasteiger partial charge in [-0.05, 0) is 129 Å². The van der Waals surface area contributed by atoms with E-state index < -0.39 is 14.1 Å². The average molecular weight is 433 g/mol. The smallest absolute Gasteiger partial charge is 0.0734 e. The van der Waals surface area contributed by atoms with Gasteiger partial charge in [-0.2, -0.15) is 0 Å². The van der Waals surface area contributed by atoms with Gasteiger partial charge in [-0.15, -0.1) is 0 Å². The van der Waals surface area contributed by atoms with Gasteiger partial charge in [0.2, 0.25) is 0 Å². The van der Waals surface area contributed by atoms with Crippen LogP contribution in [0, 0.1) is 0 Å². The monoisotopic (exact) mass is 432 g/mol. The molecule has 168 valence electrons. The molecule has 0 heterocycles. The minimum absolute atomic E-state index is 0.151. The lowest BCUT2D eigenvalue weighted by Gasteiger charge is -2.54. The molecule has 3 aliphatic carbocycles. The Hall–Kier alpha value is -1.03. The molecule has 0 atom stereocenters. The molecular weight excluding hydrogens is 387 g/mol. The lowest BCUT2D eigenvalue weighted by atomic mass is 9.93. The van der Waals surface area contributed by atoms with Crippen molar-refractivity contribution < 1.29 is 0 Å². The third-order valence-corrected chi connectivity index (χ3v) is 17.5. The molecule has 0 spiro atoms. The molecule has 0 unspecified atom stereocenters. The summed E-state index contributed by atoms with van der Waals surface area (Å²) in [5.74, 6) is 0. The molecule has 0 N–H and O–H groups in total. The Labute approximate surface area is 197 Å². The Morgan fingerprint density at radius 3 is 0.581 bits per heavy atom. The summed E-state index contributed by atoms with van der Waals surface area (Å²) in [6.45, 7) is 36.7. The predicted molar refractivity (Wildman–Crippen MR) is 141 cm³/mol. The second-order valence-electron chi connectivity index (χ2n) is 11.5. The average Bonchev–Trinajstić information content (AvgIpc) is 3.05. The molecule has 1 heteroatoms. The van der Waals surface area contributed by atoms with Gasteiger partial charge in [0.05, 0.1) is 0 Å². The van der Waals surface area contributed by atoms with Crippen LogP contribution in [0.15, 0.2) is 66.9 Å². The molecule has 3 aliphatic rings. The number of rotatable bonds is 3. The van der Waals surface area contributed by atoms with Crippen molar-refractivity contribution in [3.63, 3.8) is 0 Å². The highest BCUT2D eigenvalue weighted by Gasteiger charge is 2.66. The summed E-state index contributed by atoms with van der Waals surface area (Å²) < 4.78 is 0.454. The fourth-order valence-electron chi connectivity index (χ4n) is 7.90. The van der Waals surface area contributed by atoms with E-state index in [4.69, 9.17) is 0 Å². The van der Waals surface area contributed by atoms with Crippen molar-refractivity contribution in [2.45, 2.75) is 117 Å². The fraction of sp³-hybridized carbons (Fsp3) is 0.600. The Morgan fingerprint density at radius 1 is 0.323 bits per heavy atom. The maximum absolute atomic E-state index is 2.62. The molecule has 0 aromatic heterocycles. The van der Waals surface area contributed by atoms with E-state index in [9.17, 15) is 0 Å². The molecule has 0 bridgehead atoms. The van der Waals surface area contributed by atoms with Crippen molar-refractivity contribution in [1.29, 1.82) is 0 Å². The molecule has 0 aliphatic heterocycles.